The normalized spacial score (nSPS) is 23.4. The van der Waals surface area contributed by atoms with E-state index in [1.54, 1.807) is 0 Å². The molecule has 0 bridgehead atoms. The lowest BCUT2D eigenvalue weighted by Gasteiger charge is -2.40. The summed E-state index contributed by atoms with van der Waals surface area (Å²) < 4.78 is 0. The lowest BCUT2D eigenvalue weighted by Crippen LogP contribution is -2.44. The smallest absolute Gasteiger partial charge is 0.145 e. The minimum atomic E-state index is 0.111. The van der Waals surface area contributed by atoms with Gasteiger partial charge in [0.05, 0.1) is 5.70 Å². The molecule has 106 valence electrons. The van der Waals surface area contributed by atoms with Gasteiger partial charge in [-0.1, -0.05) is 41.5 Å². The summed E-state index contributed by atoms with van der Waals surface area (Å²) >= 11 is 0. The number of hydrazone groups is 1. The van der Waals surface area contributed by atoms with Crippen molar-refractivity contribution < 1.29 is 0 Å². The van der Waals surface area contributed by atoms with Gasteiger partial charge >= 0.3 is 0 Å². The maximum absolute atomic E-state index is 4.62. The van der Waals surface area contributed by atoms with E-state index >= 15 is 0 Å². The van der Waals surface area contributed by atoms with Crippen molar-refractivity contribution in [3.63, 3.8) is 0 Å². The molecule has 0 N–H and O–H groups in total. The summed E-state index contributed by atoms with van der Waals surface area (Å²) in [6.07, 6.45) is 6.66. The molecule has 3 heteroatoms. The molecule has 0 aromatic carbocycles. The monoisotopic (exact) mass is 261 g/mol. The van der Waals surface area contributed by atoms with E-state index in [1.807, 2.05) is 6.21 Å². The fraction of sp³-hybridized carbons (Fsp3) is 0.688. The summed E-state index contributed by atoms with van der Waals surface area (Å²) in [6.45, 7) is 16.8. The Morgan fingerprint density at radius 1 is 1.11 bits per heavy atom. The second-order valence-electron chi connectivity index (χ2n) is 7.45. The SMILES string of the molecule is CCN1C=C(C(C)(C)C)N2N=CC=C(C(C)(C)C)C12. The molecule has 0 aromatic rings. The summed E-state index contributed by atoms with van der Waals surface area (Å²) in [4.78, 5) is 2.40. The average molecular weight is 261 g/mol. The second-order valence-corrected chi connectivity index (χ2v) is 7.45. The van der Waals surface area contributed by atoms with Crippen LogP contribution in [0.5, 0.6) is 0 Å². The highest BCUT2D eigenvalue weighted by Crippen LogP contribution is 2.43. The van der Waals surface area contributed by atoms with Gasteiger partial charge in [0, 0.05) is 24.4 Å². The summed E-state index contributed by atoms with van der Waals surface area (Å²) in [5.41, 5.74) is 2.99. The molecule has 2 rings (SSSR count). The molecule has 0 saturated heterocycles. The molecule has 2 aliphatic rings. The number of hydrogen-bond donors (Lipinski definition) is 0. The lowest BCUT2D eigenvalue weighted by molar-refractivity contribution is 0.145. The minimum absolute atomic E-state index is 0.111. The van der Waals surface area contributed by atoms with Crippen LogP contribution >= 0.6 is 0 Å². The first-order valence-corrected chi connectivity index (χ1v) is 7.18. The third-order valence-electron chi connectivity index (χ3n) is 3.80. The van der Waals surface area contributed by atoms with Gasteiger partial charge in [0.15, 0.2) is 0 Å². The van der Waals surface area contributed by atoms with Crippen LogP contribution in [0.1, 0.15) is 48.5 Å². The number of allylic oxidation sites excluding steroid dienone is 2. The van der Waals surface area contributed by atoms with Crippen LogP contribution in [-0.4, -0.2) is 28.8 Å². The topological polar surface area (TPSA) is 18.8 Å². The molecule has 2 aliphatic heterocycles. The Labute approximate surface area is 117 Å². The van der Waals surface area contributed by atoms with E-state index in [-0.39, 0.29) is 17.0 Å². The standard InChI is InChI=1S/C16H27N3/c1-8-18-11-13(16(5,6)7)19-14(18)12(9-10-17-19)15(2,3)4/h9-11,14H,8H2,1-7H3. The van der Waals surface area contributed by atoms with Gasteiger partial charge in [-0.2, -0.15) is 5.10 Å². The maximum atomic E-state index is 4.62. The molecular weight excluding hydrogens is 234 g/mol. The van der Waals surface area contributed by atoms with Crippen LogP contribution in [0.25, 0.3) is 0 Å². The van der Waals surface area contributed by atoms with Crippen LogP contribution in [0.4, 0.5) is 0 Å². The highest BCUT2D eigenvalue weighted by molar-refractivity contribution is 5.74. The first-order valence-electron chi connectivity index (χ1n) is 7.18. The van der Waals surface area contributed by atoms with E-state index in [9.17, 15) is 0 Å². The maximum Gasteiger partial charge on any atom is 0.145 e. The Morgan fingerprint density at radius 3 is 2.21 bits per heavy atom. The van der Waals surface area contributed by atoms with Crippen molar-refractivity contribution in [3.05, 3.63) is 23.5 Å². The molecule has 1 unspecified atom stereocenters. The summed E-state index contributed by atoms with van der Waals surface area (Å²) in [5.74, 6) is 0. The zero-order valence-corrected chi connectivity index (χ0v) is 13.4. The molecule has 3 nitrogen and oxygen atoms in total. The van der Waals surface area contributed by atoms with E-state index in [0.29, 0.717) is 0 Å². The zero-order valence-electron chi connectivity index (χ0n) is 13.4. The number of likely N-dealkylation sites (N-methyl/N-ethyl adjacent to an activating group) is 1. The van der Waals surface area contributed by atoms with Crippen LogP contribution in [0.2, 0.25) is 0 Å². The lowest BCUT2D eigenvalue weighted by atomic mass is 9.83. The molecule has 1 atom stereocenters. The highest BCUT2D eigenvalue weighted by atomic mass is 15.6. The molecule has 0 saturated carbocycles. The van der Waals surface area contributed by atoms with Crippen LogP contribution in [0.15, 0.2) is 28.6 Å². The van der Waals surface area contributed by atoms with Crippen molar-refractivity contribution in [3.8, 4) is 0 Å². The van der Waals surface area contributed by atoms with Crippen molar-refractivity contribution in [2.75, 3.05) is 6.54 Å². The van der Waals surface area contributed by atoms with Crippen LogP contribution in [0.3, 0.4) is 0 Å². The van der Waals surface area contributed by atoms with Crippen LogP contribution in [0, 0.1) is 10.8 Å². The first-order chi connectivity index (χ1) is 8.66. The second kappa shape index (κ2) is 4.39. The summed E-state index contributed by atoms with van der Waals surface area (Å²) in [5, 5.41) is 6.82. The van der Waals surface area contributed by atoms with Crippen molar-refractivity contribution in [2.45, 2.75) is 54.6 Å². The third-order valence-corrected chi connectivity index (χ3v) is 3.80. The van der Waals surface area contributed by atoms with Gasteiger partial charge in [0.1, 0.15) is 6.17 Å². The largest absolute Gasteiger partial charge is 0.351 e. The highest BCUT2D eigenvalue weighted by Gasteiger charge is 2.42. The predicted octanol–water partition coefficient (Wildman–Crippen LogP) is 3.81. The van der Waals surface area contributed by atoms with Crippen LogP contribution in [-0.2, 0) is 0 Å². The van der Waals surface area contributed by atoms with Gasteiger partial charge in [-0.15, -0.1) is 0 Å². The number of hydrogen-bond acceptors (Lipinski definition) is 3. The van der Waals surface area contributed by atoms with E-state index in [1.165, 1.54) is 11.3 Å². The van der Waals surface area contributed by atoms with E-state index < -0.39 is 0 Å². The van der Waals surface area contributed by atoms with Crippen molar-refractivity contribution in [1.29, 1.82) is 0 Å². The molecule has 0 aliphatic carbocycles. The Bertz CT molecular complexity index is 444. The quantitative estimate of drug-likeness (QED) is 0.715. The molecule has 2 heterocycles. The van der Waals surface area contributed by atoms with Gasteiger partial charge in [0.2, 0.25) is 0 Å². The zero-order chi connectivity index (χ0) is 14.4. The first kappa shape index (κ1) is 14.2. The van der Waals surface area contributed by atoms with Crippen molar-refractivity contribution in [1.82, 2.24) is 9.91 Å². The van der Waals surface area contributed by atoms with E-state index in [4.69, 9.17) is 0 Å². The Hall–Kier alpha value is -1.25. The van der Waals surface area contributed by atoms with Crippen molar-refractivity contribution >= 4 is 6.21 Å². The molecule has 0 amide bonds. The minimum Gasteiger partial charge on any atom is -0.351 e. The Balaban J connectivity index is 2.43. The fourth-order valence-corrected chi connectivity index (χ4v) is 2.71. The summed E-state index contributed by atoms with van der Waals surface area (Å²) in [6, 6.07) is 0. The predicted molar refractivity (Wildman–Crippen MR) is 81.6 cm³/mol. The number of rotatable bonds is 1. The van der Waals surface area contributed by atoms with Gasteiger partial charge in [-0.05, 0) is 24.0 Å². The molecular formula is C16H27N3. The fourth-order valence-electron chi connectivity index (χ4n) is 2.71. The van der Waals surface area contributed by atoms with Crippen LogP contribution < -0.4 is 0 Å². The average Bonchev–Trinajstić information content (AvgIpc) is 2.65. The van der Waals surface area contributed by atoms with E-state index in [2.05, 4.69) is 75.8 Å². The van der Waals surface area contributed by atoms with E-state index in [0.717, 1.165) is 6.54 Å². The van der Waals surface area contributed by atoms with Gasteiger partial charge in [0.25, 0.3) is 0 Å². The van der Waals surface area contributed by atoms with Gasteiger partial charge < -0.3 is 4.90 Å². The third kappa shape index (κ3) is 2.43. The molecule has 0 spiro atoms. The molecule has 19 heavy (non-hydrogen) atoms. The Kier molecular flexibility index (Phi) is 3.28. The molecule has 0 fully saturated rings. The van der Waals surface area contributed by atoms with Gasteiger partial charge in [-0.25, -0.2) is 5.01 Å². The molecule has 0 radical (unpaired) electrons. The van der Waals surface area contributed by atoms with Gasteiger partial charge in [-0.3, -0.25) is 0 Å². The molecule has 0 aromatic heterocycles. The summed E-state index contributed by atoms with van der Waals surface area (Å²) in [7, 11) is 0. The number of nitrogens with zero attached hydrogens (tertiary/aromatic N) is 3. The Morgan fingerprint density at radius 2 is 1.74 bits per heavy atom. The van der Waals surface area contributed by atoms with Crippen molar-refractivity contribution in [2.24, 2.45) is 15.9 Å². The number of fused-ring (bicyclic) bond motifs is 1.